The van der Waals surface area contributed by atoms with Crippen molar-refractivity contribution in [3.8, 4) is 0 Å². The van der Waals surface area contributed by atoms with Gasteiger partial charge in [-0.3, -0.25) is 13.9 Å². The average molecular weight is 556 g/mol. The number of nitrogens with zero attached hydrogens (tertiary/aromatic N) is 2. The van der Waals surface area contributed by atoms with Crippen LogP contribution in [0, 0.1) is 18.7 Å². The fourth-order valence-corrected chi connectivity index (χ4v) is 4.33. The number of benzene rings is 2. The van der Waals surface area contributed by atoms with Crippen molar-refractivity contribution in [2.75, 3.05) is 23.7 Å². The Hall–Kier alpha value is -2.46. The Bertz CT molecular complexity index is 1140. The van der Waals surface area contributed by atoms with Gasteiger partial charge in [0.2, 0.25) is 21.8 Å². The zero-order chi connectivity index (χ0) is 25.6. The third-order valence-corrected chi connectivity index (χ3v) is 7.29. The van der Waals surface area contributed by atoms with Crippen LogP contribution in [0.3, 0.4) is 0 Å². The highest BCUT2D eigenvalue weighted by molar-refractivity contribution is 9.10. The molecule has 2 amide bonds. The molecular formula is C24H31BrFN3O4S. The first kappa shape index (κ1) is 27.8. The molecule has 34 heavy (non-hydrogen) atoms. The number of hydrogen-bond acceptors (Lipinski definition) is 4. The number of amides is 2. The van der Waals surface area contributed by atoms with E-state index in [1.807, 2.05) is 20.8 Å². The first-order valence-corrected chi connectivity index (χ1v) is 13.5. The molecule has 0 radical (unpaired) electrons. The van der Waals surface area contributed by atoms with Crippen LogP contribution >= 0.6 is 15.9 Å². The van der Waals surface area contributed by atoms with Gasteiger partial charge in [-0.2, -0.15) is 0 Å². The van der Waals surface area contributed by atoms with Crippen molar-refractivity contribution in [3.63, 3.8) is 0 Å². The van der Waals surface area contributed by atoms with Gasteiger partial charge in [0.25, 0.3) is 0 Å². The van der Waals surface area contributed by atoms with Crippen LogP contribution in [0.15, 0.2) is 46.9 Å². The third kappa shape index (κ3) is 7.53. The topological polar surface area (TPSA) is 86.8 Å². The Kier molecular flexibility index (Phi) is 9.64. The number of carbonyl (C=O) groups is 2. The minimum Gasteiger partial charge on any atom is -0.354 e. The first-order chi connectivity index (χ1) is 15.8. The van der Waals surface area contributed by atoms with Gasteiger partial charge in [-0.25, -0.2) is 12.8 Å². The van der Waals surface area contributed by atoms with E-state index in [1.165, 1.54) is 23.1 Å². The molecule has 0 fully saturated rings. The fraction of sp³-hybridized carbons (Fsp3) is 0.417. The van der Waals surface area contributed by atoms with Crippen LogP contribution in [0.1, 0.15) is 31.9 Å². The minimum atomic E-state index is -3.83. The second-order valence-corrected chi connectivity index (χ2v) is 11.4. The van der Waals surface area contributed by atoms with E-state index in [-0.39, 0.29) is 18.0 Å². The zero-order valence-electron chi connectivity index (χ0n) is 20.0. The number of anilines is 1. The van der Waals surface area contributed by atoms with Gasteiger partial charge in [0, 0.05) is 23.1 Å². The van der Waals surface area contributed by atoms with E-state index in [0.717, 1.165) is 20.6 Å². The summed E-state index contributed by atoms with van der Waals surface area (Å²) in [6, 6.07) is 9.97. The van der Waals surface area contributed by atoms with E-state index in [0.29, 0.717) is 12.2 Å². The lowest BCUT2D eigenvalue weighted by molar-refractivity contribution is -0.139. The van der Waals surface area contributed by atoms with E-state index in [9.17, 15) is 22.4 Å². The summed E-state index contributed by atoms with van der Waals surface area (Å²) in [6.45, 7) is 6.94. The second kappa shape index (κ2) is 11.8. The number of halogens is 2. The van der Waals surface area contributed by atoms with Crippen molar-refractivity contribution in [2.24, 2.45) is 5.92 Å². The first-order valence-electron chi connectivity index (χ1n) is 10.9. The molecule has 186 valence electrons. The molecule has 10 heteroatoms. The Morgan fingerprint density at radius 2 is 1.76 bits per heavy atom. The third-order valence-electron chi connectivity index (χ3n) is 5.26. The molecule has 0 saturated carbocycles. The van der Waals surface area contributed by atoms with Crippen molar-refractivity contribution < 1.29 is 22.4 Å². The summed E-state index contributed by atoms with van der Waals surface area (Å²) in [5, 5.41) is 2.78. The molecule has 0 aliphatic carbocycles. The smallest absolute Gasteiger partial charge is 0.244 e. The van der Waals surface area contributed by atoms with Crippen LogP contribution in [-0.4, -0.2) is 50.5 Å². The molecule has 1 atom stereocenters. The van der Waals surface area contributed by atoms with Gasteiger partial charge in [0.05, 0.1) is 11.9 Å². The quantitative estimate of drug-likeness (QED) is 0.482. The number of aryl methyl sites for hydroxylation is 1. The highest BCUT2D eigenvalue weighted by atomic mass is 79.9. The molecule has 7 nitrogen and oxygen atoms in total. The molecule has 2 aromatic rings. The van der Waals surface area contributed by atoms with Crippen LogP contribution in [0.5, 0.6) is 0 Å². The number of carbonyl (C=O) groups excluding carboxylic acids is 2. The van der Waals surface area contributed by atoms with E-state index in [2.05, 4.69) is 21.2 Å². The number of sulfonamides is 1. The normalized spacial score (nSPS) is 12.4. The van der Waals surface area contributed by atoms with Gasteiger partial charge in [-0.05, 0) is 49.6 Å². The fourth-order valence-electron chi connectivity index (χ4n) is 3.24. The van der Waals surface area contributed by atoms with E-state index >= 15 is 0 Å². The lowest BCUT2D eigenvalue weighted by Crippen LogP contribution is -2.51. The number of rotatable bonds is 10. The Morgan fingerprint density at radius 1 is 1.12 bits per heavy atom. The van der Waals surface area contributed by atoms with Gasteiger partial charge in [-0.15, -0.1) is 0 Å². The monoisotopic (exact) mass is 555 g/mol. The van der Waals surface area contributed by atoms with Crippen LogP contribution < -0.4 is 9.62 Å². The molecule has 2 rings (SSSR count). The van der Waals surface area contributed by atoms with Gasteiger partial charge in [0.1, 0.15) is 18.4 Å². The lowest BCUT2D eigenvalue weighted by Gasteiger charge is -2.31. The Morgan fingerprint density at radius 3 is 2.32 bits per heavy atom. The van der Waals surface area contributed by atoms with Crippen LogP contribution in [0.4, 0.5) is 10.1 Å². The molecule has 0 saturated heterocycles. The van der Waals surface area contributed by atoms with Gasteiger partial charge >= 0.3 is 0 Å². The maximum Gasteiger partial charge on any atom is 0.244 e. The molecular weight excluding hydrogens is 525 g/mol. The van der Waals surface area contributed by atoms with E-state index < -0.39 is 40.2 Å². The predicted molar refractivity (Wildman–Crippen MR) is 135 cm³/mol. The largest absolute Gasteiger partial charge is 0.354 e. The standard InChI is InChI=1S/C24H31BrFN3O4S/c1-16(2)13-27-24(31)18(4)28(14-19-8-6-7-9-22(19)26)23(30)15-29(34(5,32)33)20-10-11-21(25)17(3)12-20/h6-12,16,18H,13-15H2,1-5H3,(H,27,31)/t18-/m0/s1. The molecule has 0 aliphatic rings. The van der Waals surface area contributed by atoms with Crippen molar-refractivity contribution in [3.05, 3.63) is 63.9 Å². The number of hydrogen-bond donors (Lipinski definition) is 1. The van der Waals surface area contributed by atoms with Crippen LogP contribution in [0.2, 0.25) is 0 Å². The molecule has 2 aromatic carbocycles. The highest BCUT2D eigenvalue weighted by Gasteiger charge is 2.30. The average Bonchev–Trinajstić information content (AvgIpc) is 2.75. The van der Waals surface area contributed by atoms with Crippen LogP contribution in [-0.2, 0) is 26.2 Å². The van der Waals surface area contributed by atoms with E-state index in [1.54, 1.807) is 31.2 Å². The molecule has 0 aliphatic heterocycles. The predicted octanol–water partition coefficient (Wildman–Crippen LogP) is 3.85. The summed E-state index contributed by atoms with van der Waals surface area (Å²) in [7, 11) is -3.83. The molecule has 0 spiro atoms. The van der Waals surface area contributed by atoms with Crippen molar-refractivity contribution in [1.82, 2.24) is 10.2 Å². The summed E-state index contributed by atoms with van der Waals surface area (Å²) in [5.74, 6) is -1.34. The molecule has 0 unspecified atom stereocenters. The van der Waals surface area contributed by atoms with Gasteiger partial charge in [-0.1, -0.05) is 48.0 Å². The van der Waals surface area contributed by atoms with Crippen molar-refractivity contribution in [1.29, 1.82) is 0 Å². The van der Waals surface area contributed by atoms with E-state index in [4.69, 9.17) is 0 Å². The molecule has 0 bridgehead atoms. The highest BCUT2D eigenvalue weighted by Crippen LogP contribution is 2.25. The van der Waals surface area contributed by atoms with Gasteiger partial charge in [0.15, 0.2) is 0 Å². The summed E-state index contributed by atoms with van der Waals surface area (Å²) in [4.78, 5) is 27.4. The summed E-state index contributed by atoms with van der Waals surface area (Å²) < 4.78 is 41.3. The number of nitrogens with one attached hydrogen (secondary N) is 1. The zero-order valence-corrected chi connectivity index (χ0v) is 22.4. The van der Waals surface area contributed by atoms with Crippen molar-refractivity contribution in [2.45, 2.75) is 40.3 Å². The summed E-state index contributed by atoms with van der Waals surface area (Å²) in [5.41, 5.74) is 1.34. The second-order valence-electron chi connectivity index (χ2n) is 8.63. The van der Waals surface area contributed by atoms with Crippen molar-refractivity contribution >= 4 is 43.5 Å². The molecule has 1 N–H and O–H groups in total. The Labute approximate surface area is 209 Å². The maximum atomic E-state index is 14.4. The minimum absolute atomic E-state index is 0.182. The SMILES string of the molecule is Cc1cc(N(CC(=O)N(Cc2ccccc2F)[C@@H](C)C(=O)NCC(C)C)S(C)(=O)=O)ccc1Br. The Balaban J connectivity index is 2.40. The lowest BCUT2D eigenvalue weighted by atomic mass is 10.1. The molecule has 0 aromatic heterocycles. The van der Waals surface area contributed by atoms with Crippen LogP contribution in [0.25, 0.3) is 0 Å². The molecule has 0 heterocycles. The summed E-state index contributed by atoms with van der Waals surface area (Å²) >= 11 is 3.38. The maximum absolute atomic E-state index is 14.4. The van der Waals surface area contributed by atoms with Gasteiger partial charge < -0.3 is 10.2 Å². The summed E-state index contributed by atoms with van der Waals surface area (Å²) in [6.07, 6.45) is 1.01.